The molecule has 3 fully saturated rings. The van der Waals surface area contributed by atoms with Crippen molar-refractivity contribution in [2.45, 2.75) is 43.7 Å². The lowest BCUT2D eigenvalue weighted by atomic mass is 9.92. The van der Waals surface area contributed by atoms with E-state index in [0.29, 0.717) is 0 Å². The number of carbonyl (C=O) groups is 1. The molecule has 0 radical (unpaired) electrons. The Labute approximate surface area is 285 Å². The van der Waals surface area contributed by atoms with Crippen LogP contribution in [0.15, 0.2) is 42.7 Å². The fourth-order valence-corrected chi connectivity index (χ4v) is 7.89. The first-order valence-corrected chi connectivity index (χ1v) is 16.3. The van der Waals surface area contributed by atoms with E-state index in [1.54, 1.807) is 4.90 Å². The number of fused-ring (bicyclic) bond motifs is 3. The third-order valence-corrected chi connectivity index (χ3v) is 10.2. The van der Waals surface area contributed by atoms with Gasteiger partial charge in [-0.2, -0.15) is 15.2 Å². The van der Waals surface area contributed by atoms with E-state index in [0.717, 1.165) is 57.0 Å². The van der Waals surface area contributed by atoms with Crippen molar-refractivity contribution in [1.29, 1.82) is 5.26 Å². The van der Waals surface area contributed by atoms with Crippen LogP contribution < -0.4 is 9.64 Å². The average molecular weight is 685 g/mol. The number of halogens is 4. The molecule has 3 aliphatic rings. The maximum absolute atomic E-state index is 17.0. The molecule has 50 heavy (non-hydrogen) atoms. The molecule has 3 saturated heterocycles. The number of piperazine rings is 1. The minimum Gasteiger partial charge on any atom is -0.508 e. The van der Waals surface area contributed by atoms with Crippen LogP contribution in [0.25, 0.3) is 32.8 Å². The van der Waals surface area contributed by atoms with Gasteiger partial charge in [0.1, 0.15) is 35.3 Å². The summed E-state index contributed by atoms with van der Waals surface area (Å²) < 4.78 is 68.3. The lowest BCUT2D eigenvalue weighted by Gasteiger charge is -2.41. The van der Waals surface area contributed by atoms with Crippen molar-refractivity contribution < 1.29 is 32.2 Å². The summed E-state index contributed by atoms with van der Waals surface area (Å²) in [4.78, 5) is 26.9. The predicted octanol–water partition coefficient (Wildman–Crippen LogP) is 5.98. The van der Waals surface area contributed by atoms with Crippen molar-refractivity contribution >= 4 is 33.4 Å². The Morgan fingerprint density at radius 2 is 1.86 bits per heavy atom. The Kier molecular flexibility index (Phi) is 8.48. The summed E-state index contributed by atoms with van der Waals surface area (Å²) in [6.07, 6.45) is 9.34. The Balaban J connectivity index is 1.39. The number of phenolic OH excluding ortho intramolecular Hbond substituents is 1. The highest BCUT2D eigenvalue weighted by Gasteiger charge is 2.45. The molecule has 1 atom stereocenters. The molecule has 13 heteroatoms. The molecule has 9 nitrogen and oxygen atoms in total. The third kappa shape index (κ3) is 5.52. The number of ether oxygens (including phenoxy) is 1. The number of nitriles is 1. The van der Waals surface area contributed by atoms with Crippen molar-refractivity contribution in [2.75, 3.05) is 44.2 Å². The SMILES string of the molecule is C#Cc1c(F)ccc2cc(O)cc(-c3c(F)cc4c(N5CCN(C(=O)C(=C)F)[C@@H](CC#N)C5)nc(OCC56CCCN5CCC6)nc4c3F)c12. The highest BCUT2D eigenvalue weighted by molar-refractivity contribution is 6.04. The molecule has 256 valence electrons. The summed E-state index contributed by atoms with van der Waals surface area (Å²) in [6, 6.07) is 7.02. The fraction of sp³-hybridized carbons (Fsp3) is 0.351. The second-order valence-corrected chi connectivity index (χ2v) is 13.0. The molecule has 4 heterocycles. The zero-order valence-corrected chi connectivity index (χ0v) is 27.0. The van der Waals surface area contributed by atoms with Gasteiger partial charge < -0.3 is 19.6 Å². The molecule has 7 rings (SSSR count). The molecular weight excluding hydrogens is 652 g/mol. The highest BCUT2D eigenvalue weighted by Crippen LogP contribution is 2.43. The minimum absolute atomic E-state index is 0.0111. The summed E-state index contributed by atoms with van der Waals surface area (Å²) in [5, 5.41) is 20.3. The molecule has 1 aromatic heterocycles. The number of phenols is 1. The zero-order chi connectivity index (χ0) is 35.3. The Hall–Kier alpha value is -5.40. The van der Waals surface area contributed by atoms with E-state index in [2.05, 4.69) is 27.4 Å². The van der Waals surface area contributed by atoms with Gasteiger partial charge in [-0.3, -0.25) is 9.69 Å². The quantitative estimate of drug-likeness (QED) is 0.144. The number of aromatic hydroxyl groups is 1. The lowest BCUT2D eigenvalue weighted by molar-refractivity contribution is -0.131. The van der Waals surface area contributed by atoms with E-state index in [9.17, 15) is 23.9 Å². The van der Waals surface area contributed by atoms with Crippen molar-refractivity contribution in [3.05, 3.63) is 65.8 Å². The molecule has 3 aromatic carbocycles. The van der Waals surface area contributed by atoms with Crippen molar-refractivity contribution in [3.8, 4) is 41.3 Å². The number of carbonyl (C=O) groups excluding carboxylic acids is 1. The first kappa shape index (κ1) is 33.1. The van der Waals surface area contributed by atoms with Crippen LogP contribution in [0.1, 0.15) is 37.7 Å². The van der Waals surface area contributed by atoms with Crippen LogP contribution in [0.4, 0.5) is 23.4 Å². The van der Waals surface area contributed by atoms with E-state index in [1.807, 2.05) is 6.07 Å². The van der Waals surface area contributed by atoms with E-state index >= 15 is 8.78 Å². The fourth-order valence-electron chi connectivity index (χ4n) is 7.89. The van der Waals surface area contributed by atoms with Gasteiger partial charge in [-0.25, -0.2) is 17.6 Å². The van der Waals surface area contributed by atoms with E-state index in [1.165, 1.54) is 17.0 Å². The number of hydrogen-bond acceptors (Lipinski definition) is 8. The maximum atomic E-state index is 17.0. The van der Waals surface area contributed by atoms with Gasteiger partial charge in [-0.05, 0) is 68.4 Å². The molecule has 3 aliphatic heterocycles. The van der Waals surface area contributed by atoms with Crippen molar-refractivity contribution in [3.63, 3.8) is 0 Å². The van der Waals surface area contributed by atoms with Crippen LogP contribution in [-0.4, -0.2) is 81.7 Å². The van der Waals surface area contributed by atoms with Crippen LogP contribution in [-0.2, 0) is 4.79 Å². The van der Waals surface area contributed by atoms with Crippen molar-refractivity contribution in [2.24, 2.45) is 0 Å². The molecule has 1 N–H and O–H groups in total. The van der Waals surface area contributed by atoms with Gasteiger partial charge in [0.15, 0.2) is 11.6 Å². The van der Waals surface area contributed by atoms with Crippen LogP contribution >= 0.6 is 0 Å². The monoisotopic (exact) mass is 684 g/mol. The van der Waals surface area contributed by atoms with Gasteiger partial charge >= 0.3 is 6.01 Å². The Morgan fingerprint density at radius 1 is 1.10 bits per heavy atom. The number of hydrogen-bond donors (Lipinski definition) is 1. The minimum atomic E-state index is -1.17. The predicted molar refractivity (Wildman–Crippen MR) is 178 cm³/mol. The second-order valence-electron chi connectivity index (χ2n) is 13.0. The number of terminal acetylenes is 1. The normalized spacial score (nSPS) is 18.6. The number of benzene rings is 3. The van der Waals surface area contributed by atoms with Crippen LogP contribution in [0.3, 0.4) is 0 Å². The van der Waals surface area contributed by atoms with Gasteiger partial charge in [0.2, 0.25) is 0 Å². The van der Waals surface area contributed by atoms with E-state index in [-0.39, 0.29) is 88.6 Å². The Morgan fingerprint density at radius 3 is 2.56 bits per heavy atom. The average Bonchev–Trinajstić information content (AvgIpc) is 3.68. The van der Waals surface area contributed by atoms with Crippen molar-refractivity contribution in [1.82, 2.24) is 19.8 Å². The summed E-state index contributed by atoms with van der Waals surface area (Å²) in [5.41, 5.74) is -1.51. The molecule has 4 aromatic rings. The zero-order valence-electron chi connectivity index (χ0n) is 27.0. The number of rotatable bonds is 7. The molecule has 0 saturated carbocycles. The largest absolute Gasteiger partial charge is 0.508 e. The molecular formula is C37H32F4N6O3. The maximum Gasteiger partial charge on any atom is 0.319 e. The van der Waals surface area contributed by atoms with E-state index in [4.69, 9.17) is 11.2 Å². The first-order valence-electron chi connectivity index (χ1n) is 16.3. The third-order valence-electron chi connectivity index (χ3n) is 10.2. The number of anilines is 1. The summed E-state index contributed by atoms with van der Waals surface area (Å²) >= 11 is 0. The molecule has 1 amide bonds. The van der Waals surface area contributed by atoms with Crippen LogP contribution in [0.5, 0.6) is 11.8 Å². The first-order chi connectivity index (χ1) is 24.0. The van der Waals surface area contributed by atoms with Crippen LogP contribution in [0, 0.1) is 41.1 Å². The second kappa shape index (κ2) is 12.8. The molecule has 0 spiro atoms. The Bertz CT molecular complexity index is 2150. The molecule has 0 bridgehead atoms. The number of amides is 1. The number of aromatic nitrogens is 2. The highest BCUT2D eigenvalue weighted by atomic mass is 19.1. The van der Waals surface area contributed by atoms with Gasteiger partial charge in [-0.15, -0.1) is 6.42 Å². The number of nitrogens with zero attached hydrogens (tertiary/aromatic N) is 6. The smallest absolute Gasteiger partial charge is 0.319 e. The van der Waals surface area contributed by atoms with Gasteiger partial charge in [0.25, 0.3) is 5.91 Å². The molecule has 0 unspecified atom stereocenters. The standard InChI is InChI=1S/C37H32F4N6O3/c1-3-25-28(39)7-6-22-16-24(48)17-26(30(22)25)31-29(40)18-27-33(32(31)41)43-36(50-20-37-9-4-12-46(37)13-5-10-37)44-34(27)45-14-15-47(35(49)21(2)38)23(19-45)8-11-42/h1,6-7,16-18,23,48H,2,4-5,8-10,12-15,19-20H2/t23-/m0/s1. The summed E-state index contributed by atoms with van der Waals surface area (Å²) in [7, 11) is 0. The molecule has 0 aliphatic carbocycles. The summed E-state index contributed by atoms with van der Waals surface area (Å²) in [6.45, 7) is 5.27. The van der Waals surface area contributed by atoms with Gasteiger partial charge in [0, 0.05) is 36.0 Å². The summed E-state index contributed by atoms with van der Waals surface area (Å²) in [5.74, 6) is -3.04. The van der Waals surface area contributed by atoms with E-state index < -0.39 is 40.8 Å². The van der Waals surface area contributed by atoms with Crippen LogP contribution in [0.2, 0.25) is 0 Å². The lowest BCUT2D eigenvalue weighted by Crippen LogP contribution is -2.55. The van der Waals surface area contributed by atoms with Gasteiger partial charge in [0.05, 0.1) is 35.2 Å². The topological polar surface area (TPSA) is 106 Å². The van der Waals surface area contributed by atoms with Gasteiger partial charge in [-0.1, -0.05) is 18.6 Å².